The Morgan fingerprint density at radius 1 is 0.892 bits per heavy atom. The van der Waals surface area contributed by atoms with E-state index in [9.17, 15) is 18.0 Å². The van der Waals surface area contributed by atoms with Crippen LogP contribution in [0.3, 0.4) is 0 Å². The smallest absolute Gasteiger partial charge is 0.264 e. The number of carbonyl (C=O) groups is 2. The lowest BCUT2D eigenvalue weighted by molar-refractivity contribution is -0.139. The van der Waals surface area contributed by atoms with Crippen LogP contribution in [-0.2, 0) is 26.2 Å². The molecule has 0 aromatic heterocycles. The van der Waals surface area contributed by atoms with Gasteiger partial charge in [-0.2, -0.15) is 0 Å². The van der Waals surface area contributed by atoms with Gasteiger partial charge in [-0.05, 0) is 86.0 Å². The summed E-state index contributed by atoms with van der Waals surface area (Å²) in [4.78, 5) is 27.6. The van der Waals surface area contributed by atoms with Crippen molar-refractivity contribution in [3.8, 4) is 0 Å². The fraction of sp³-hybridized carbons (Fsp3) is 0.259. The molecule has 1 N–H and O–H groups in total. The summed E-state index contributed by atoms with van der Waals surface area (Å²) in [5, 5.41) is 3.48. The summed E-state index contributed by atoms with van der Waals surface area (Å²) < 4.78 is 28.6. The van der Waals surface area contributed by atoms with Gasteiger partial charge in [0, 0.05) is 23.6 Å². The average molecular weight is 563 g/mol. The highest BCUT2D eigenvalue weighted by molar-refractivity contribution is 7.92. The van der Waals surface area contributed by atoms with E-state index in [-0.39, 0.29) is 17.3 Å². The van der Waals surface area contributed by atoms with E-state index in [2.05, 4.69) is 5.32 Å². The molecule has 1 unspecified atom stereocenters. The van der Waals surface area contributed by atoms with Crippen LogP contribution in [0.5, 0.6) is 0 Å². The first-order chi connectivity index (χ1) is 17.4. The Bertz CT molecular complexity index is 1380. The fourth-order valence-electron chi connectivity index (χ4n) is 3.72. The van der Waals surface area contributed by atoms with Gasteiger partial charge in [-0.1, -0.05) is 41.4 Å². The monoisotopic (exact) mass is 561 g/mol. The van der Waals surface area contributed by atoms with Crippen molar-refractivity contribution < 1.29 is 18.0 Å². The molecule has 3 aromatic rings. The van der Waals surface area contributed by atoms with E-state index in [0.29, 0.717) is 15.7 Å². The number of carbonyl (C=O) groups excluding carboxylic acids is 2. The van der Waals surface area contributed by atoms with E-state index in [1.807, 2.05) is 13.8 Å². The Labute approximate surface area is 228 Å². The van der Waals surface area contributed by atoms with Crippen LogP contribution in [0.4, 0.5) is 5.69 Å². The summed E-state index contributed by atoms with van der Waals surface area (Å²) >= 11 is 12.0. The number of benzene rings is 3. The van der Waals surface area contributed by atoms with Gasteiger partial charge in [0.05, 0.1) is 10.6 Å². The number of nitrogens with one attached hydrogen (secondary N) is 1. The Kier molecular flexibility index (Phi) is 9.23. The molecular weight excluding hydrogens is 533 g/mol. The molecule has 0 heterocycles. The quantitative estimate of drug-likeness (QED) is 0.399. The molecule has 0 radical (unpaired) electrons. The van der Waals surface area contributed by atoms with Crippen molar-refractivity contribution >= 4 is 50.7 Å². The van der Waals surface area contributed by atoms with Gasteiger partial charge < -0.3 is 10.2 Å². The van der Waals surface area contributed by atoms with Gasteiger partial charge >= 0.3 is 0 Å². The van der Waals surface area contributed by atoms with E-state index in [0.717, 1.165) is 21.0 Å². The van der Waals surface area contributed by atoms with Gasteiger partial charge in [-0.3, -0.25) is 13.9 Å². The van der Waals surface area contributed by atoms with Crippen LogP contribution >= 0.6 is 23.2 Å². The number of anilines is 1. The van der Waals surface area contributed by atoms with E-state index < -0.39 is 28.5 Å². The number of hydrogen-bond acceptors (Lipinski definition) is 4. The summed E-state index contributed by atoms with van der Waals surface area (Å²) in [6, 6.07) is 17.0. The molecule has 3 aromatic carbocycles. The van der Waals surface area contributed by atoms with E-state index in [4.69, 9.17) is 23.2 Å². The van der Waals surface area contributed by atoms with Crippen molar-refractivity contribution in [1.82, 2.24) is 10.2 Å². The second-order valence-electron chi connectivity index (χ2n) is 8.67. The highest BCUT2D eigenvalue weighted by atomic mass is 35.5. The molecule has 7 nitrogen and oxygen atoms in total. The van der Waals surface area contributed by atoms with Crippen LogP contribution in [0.2, 0.25) is 10.0 Å². The van der Waals surface area contributed by atoms with Crippen LogP contribution in [0, 0.1) is 13.8 Å². The third-order valence-corrected chi connectivity index (χ3v) is 8.43. The molecule has 0 saturated carbocycles. The Hall–Kier alpha value is -3.07. The minimum Gasteiger partial charge on any atom is -0.357 e. The van der Waals surface area contributed by atoms with Gasteiger partial charge in [-0.25, -0.2) is 8.42 Å². The summed E-state index contributed by atoms with van der Waals surface area (Å²) in [5.41, 5.74) is 2.94. The molecule has 37 heavy (non-hydrogen) atoms. The maximum absolute atomic E-state index is 13.8. The van der Waals surface area contributed by atoms with Gasteiger partial charge in [0.1, 0.15) is 12.6 Å². The van der Waals surface area contributed by atoms with E-state index in [1.165, 1.54) is 36.2 Å². The number of hydrogen-bond donors (Lipinski definition) is 1. The van der Waals surface area contributed by atoms with Crippen LogP contribution in [0.25, 0.3) is 0 Å². The van der Waals surface area contributed by atoms with Crippen LogP contribution < -0.4 is 9.62 Å². The standard InChI is InChI=1S/C27H29Cl2N3O4S/c1-18-5-12-24(15-19(18)2)32(37(35,36)25-13-10-23(29)11-14-25)17-26(33)31(20(3)27(34)30-4)16-21-6-8-22(28)9-7-21/h5-15,20H,16-17H2,1-4H3,(H,30,34). The largest absolute Gasteiger partial charge is 0.357 e. The van der Waals surface area contributed by atoms with Crippen molar-refractivity contribution in [2.24, 2.45) is 0 Å². The second kappa shape index (κ2) is 12.0. The molecule has 2 amide bonds. The molecule has 0 aliphatic carbocycles. The minimum absolute atomic E-state index is 0.00784. The first kappa shape index (κ1) is 28.5. The van der Waals surface area contributed by atoms with Crippen LogP contribution in [-0.4, -0.2) is 44.8 Å². The minimum atomic E-state index is -4.15. The van der Waals surface area contributed by atoms with Gasteiger partial charge in [-0.15, -0.1) is 0 Å². The lowest BCUT2D eigenvalue weighted by Crippen LogP contribution is -2.50. The van der Waals surface area contributed by atoms with Gasteiger partial charge in [0.2, 0.25) is 11.8 Å². The molecule has 0 bridgehead atoms. The van der Waals surface area contributed by atoms with Crippen LogP contribution in [0.1, 0.15) is 23.6 Å². The Morgan fingerprint density at radius 2 is 1.46 bits per heavy atom. The van der Waals surface area contributed by atoms with Crippen LogP contribution in [0.15, 0.2) is 71.6 Å². The fourth-order valence-corrected chi connectivity index (χ4v) is 5.38. The van der Waals surface area contributed by atoms with Crippen molar-refractivity contribution in [3.05, 3.63) is 93.5 Å². The number of rotatable bonds is 9. The molecular formula is C27H29Cl2N3O4S. The first-order valence-corrected chi connectivity index (χ1v) is 13.7. The molecule has 10 heteroatoms. The molecule has 0 spiro atoms. The number of sulfonamides is 1. The predicted octanol–water partition coefficient (Wildman–Crippen LogP) is 4.97. The first-order valence-electron chi connectivity index (χ1n) is 11.5. The third-order valence-electron chi connectivity index (χ3n) is 6.14. The Balaban J connectivity index is 2.05. The maximum Gasteiger partial charge on any atom is 0.264 e. The van der Waals surface area contributed by atoms with E-state index in [1.54, 1.807) is 49.4 Å². The molecule has 1 atom stereocenters. The lowest BCUT2D eigenvalue weighted by atomic mass is 10.1. The zero-order valence-corrected chi connectivity index (χ0v) is 23.4. The third kappa shape index (κ3) is 6.83. The molecule has 3 rings (SSSR count). The predicted molar refractivity (Wildman–Crippen MR) is 147 cm³/mol. The summed E-state index contributed by atoms with van der Waals surface area (Å²) in [5.74, 6) is -0.914. The molecule has 196 valence electrons. The molecule has 0 saturated heterocycles. The summed E-state index contributed by atoms with van der Waals surface area (Å²) in [7, 11) is -2.67. The molecule has 0 fully saturated rings. The number of amides is 2. The highest BCUT2D eigenvalue weighted by Crippen LogP contribution is 2.27. The second-order valence-corrected chi connectivity index (χ2v) is 11.4. The van der Waals surface area contributed by atoms with E-state index >= 15 is 0 Å². The Morgan fingerprint density at radius 3 is 2.00 bits per heavy atom. The van der Waals surface area contributed by atoms with Crippen molar-refractivity contribution in [3.63, 3.8) is 0 Å². The molecule has 0 aliphatic rings. The zero-order chi connectivity index (χ0) is 27.3. The normalized spacial score (nSPS) is 12.1. The summed E-state index contributed by atoms with van der Waals surface area (Å²) in [6.45, 7) is 4.96. The highest BCUT2D eigenvalue weighted by Gasteiger charge is 2.32. The lowest BCUT2D eigenvalue weighted by Gasteiger charge is -2.32. The number of nitrogens with zero attached hydrogens (tertiary/aromatic N) is 2. The average Bonchev–Trinajstić information content (AvgIpc) is 2.87. The number of aryl methyl sites for hydroxylation is 2. The molecule has 0 aliphatic heterocycles. The number of likely N-dealkylation sites (N-methyl/N-ethyl adjacent to an activating group) is 1. The van der Waals surface area contributed by atoms with Crippen molar-refractivity contribution in [2.45, 2.75) is 38.3 Å². The zero-order valence-electron chi connectivity index (χ0n) is 21.0. The van der Waals surface area contributed by atoms with Crippen molar-refractivity contribution in [1.29, 1.82) is 0 Å². The van der Waals surface area contributed by atoms with Crippen molar-refractivity contribution in [2.75, 3.05) is 17.9 Å². The maximum atomic E-state index is 13.8. The SMILES string of the molecule is CNC(=O)C(C)N(Cc1ccc(Cl)cc1)C(=O)CN(c1ccc(C)c(C)c1)S(=O)(=O)c1ccc(Cl)cc1. The number of halogens is 2. The summed E-state index contributed by atoms with van der Waals surface area (Å²) in [6.07, 6.45) is 0. The van der Waals surface area contributed by atoms with Gasteiger partial charge in [0.25, 0.3) is 10.0 Å². The topological polar surface area (TPSA) is 86.8 Å². The van der Waals surface area contributed by atoms with Gasteiger partial charge in [0.15, 0.2) is 0 Å².